The van der Waals surface area contributed by atoms with Gasteiger partial charge < -0.3 is 15.3 Å². The molecule has 8 heteroatoms. The maximum Gasteiger partial charge on any atom is 0.336 e. The lowest BCUT2D eigenvalue weighted by molar-refractivity contribution is 0.0651. The number of para-hydroxylation sites is 1. The normalized spacial score (nSPS) is 13.7. The smallest absolute Gasteiger partial charge is 0.336 e. The highest BCUT2D eigenvalue weighted by Gasteiger charge is 2.43. The van der Waals surface area contributed by atoms with Crippen molar-refractivity contribution in [3.05, 3.63) is 70.4 Å². The molecule has 0 spiro atoms. The molecule has 1 aliphatic rings. The minimum absolute atomic E-state index is 0.154. The zero-order chi connectivity index (χ0) is 20.2. The summed E-state index contributed by atoms with van der Waals surface area (Å²) >= 11 is 0. The van der Waals surface area contributed by atoms with Gasteiger partial charge in [-0.3, -0.25) is 9.59 Å². The Bertz CT molecular complexity index is 1180. The number of carbonyl (C=O) groups is 4. The molecule has 3 aromatic rings. The number of pyridine rings is 1. The molecule has 1 aromatic heterocycles. The van der Waals surface area contributed by atoms with Crippen molar-refractivity contribution in [2.45, 2.75) is 5.92 Å². The molecular formula is C20H11NO7. The van der Waals surface area contributed by atoms with E-state index in [0.29, 0.717) is 10.9 Å². The van der Waals surface area contributed by atoms with Crippen LogP contribution in [0.2, 0.25) is 0 Å². The molecule has 0 fully saturated rings. The molecule has 0 aliphatic heterocycles. The number of aromatic hydroxyl groups is 1. The Kier molecular flexibility index (Phi) is 3.71. The fourth-order valence-corrected chi connectivity index (χ4v) is 3.37. The minimum atomic E-state index is -1.53. The summed E-state index contributed by atoms with van der Waals surface area (Å²) < 4.78 is 0. The molecule has 1 aliphatic carbocycles. The lowest BCUT2D eigenvalue weighted by Gasteiger charge is -2.10. The number of benzene rings is 2. The third-order valence-electron chi connectivity index (χ3n) is 4.68. The zero-order valence-electron chi connectivity index (χ0n) is 14.0. The Balaban J connectivity index is 1.91. The summed E-state index contributed by atoms with van der Waals surface area (Å²) in [4.78, 5) is 52.6. The van der Waals surface area contributed by atoms with Gasteiger partial charge in [-0.15, -0.1) is 0 Å². The summed E-state index contributed by atoms with van der Waals surface area (Å²) in [6.45, 7) is 0. The van der Waals surface area contributed by atoms with Gasteiger partial charge in [0.2, 0.25) is 0 Å². The van der Waals surface area contributed by atoms with Crippen LogP contribution >= 0.6 is 0 Å². The van der Waals surface area contributed by atoms with Crippen LogP contribution in [0.1, 0.15) is 53.0 Å². The van der Waals surface area contributed by atoms with Crippen LogP contribution in [0.5, 0.6) is 5.75 Å². The first kappa shape index (κ1) is 17.3. The summed E-state index contributed by atoms with van der Waals surface area (Å²) in [5.41, 5.74) is -1.28. The highest BCUT2D eigenvalue weighted by molar-refractivity contribution is 6.30. The van der Waals surface area contributed by atoms with Crippen molar-refractivity contribution in [1.29, 1.82) is 0 Å². The average Bonchev–Trinajstić information content (AvgIpc) is 2.90. The van der Waals surface area contributed by atoms with Gasteiger partial charge in [0.25, 0.3) is 0 Å². The van der Waals surface area contributed by atoms with Crippen LogP contribution < -0.4 is 0 Å². The second-order valence-corrected chi connectivity index (χ2v) is 6.30. The Morgan fingerprint density at radius 1 is 0.857 bits per heavy atom. The summed E-state index contributed by atoms with van der Waals surface area (Å²) in [5, 5.41) is 29.4. The van der Waals surface area contributed by atoms with Gasteiger partial charge in [0.1, 0.15) is 17.4 Å². The first-order valence-electron chi connectivity index (χ1n) is 8.11. The molecule has 0 bridgehead atoms. The topological polar surface area (TPSA) is 142 Å². The first-order valence-corrected chi connectivity index (χ1v) is 8.11. The van der Waals surface area contributed by atoms with Crippen LogP contribution in [-0.4, -0.2) is 43.8 Å². The van der Waals surface area contributed by atoms with Crippen LogP contribution in [0.3, 0.4) is 0 Å². The second kappa shape index (κ2) is 5.98. The maximum atomic E-state index is 12.8. The predicted molar refractivity (Wildman–Crippen MR) is 95.2 cm³/mol. The van der Waals surface area contributed by atoms with E-state index >= 15 is 0 Å². The van der Waals surface area contributed by atoms with Crippen LogP contribution in [-0.2, 0) is 0 Å². The SMILES string of the molecule is O=C(O)c1cc2c(cc1C(=O)O)C(=O)C(c1nc3ccccc3cc1O)C2=O. The van der Waals surface area contributed by atoms with Gasteiger partial charge in [0.05, 0.1) is 16.6 Å². The number of aromatic carboxylic acids is 2. The quantitative estimate of drug-likeness (QED) is 0.591. The summed E-state index contributed by atoms with van der Waals surface area (Å²) in [7, 11) is 0. The van der Waals surface area contributed by atoms with Crippen LogP contribution in [0, 0.1) is 0 Å². The van der Waals surface area contributed by atoms with E-state index in [-0.39, 0.29) is 22.6 Å². The highest BCUT2D eigenvalue weighted by Crippen LogP contribution is 2.39. The molecule has 0 atom stereocenters. The molecule has 0 radical (unpaired) electrons. The Morgan fingerprint density at radius 2 is 1.39 bits per heavy atom. The Hall–Kier alpha value is -4.07. The van der Waals surface area contributed by atoms with Crippen molar-refractivity contribution in [3.8, 4) is 5.75 Å². The van der Waals surface area contributed by atoms with E-state index in [1.165, 1.54) is 6.07 Å². The lowest BCUT2D eigenvalue weighted by atomic mass is 9.97. The van der Waals surface area contributed by atoms with E-state index in [2.05, 4.69) is 4.98 Å². The molecule has 3 N–H and O–H groups in total. The average molecular weight is 377 g/mol. The number of aromatic nitrogens is 1. The number of nitrogens with zero attached hydrogens (tertiary/aromatic N) is 1. The predicted octanol–water partition coefficient (Wildman–Crippen LogP) is 2.50. The van der Waals surface area contributed by atoms with Crippen LogP contribution in [0.15, 0.2) is 42.5 Å². The van der Waals surface area contributed by atoms with Crippen molar-refractivity contribution in [3.63, 3.8) is 0 Å². The van der Waals surface area contributed by atoms with Gasteiger partial charge >= 0.3 is 11.9 Å². The first-order chi connectivity index (χ1) is 13.3. The van der Waals surface area contributed by atoms with Crippen molar-refractivity contribution in [1.82, 2.24) is 4.98 Å². The van der Waals surface area contributed by atoms with E-state index < -0.39 is 40.5 Å². The number of hydrogen-bond acceptors (Lipinski definition) is 6. The van der Waals surface area contributed by atoms with E-state index in [9.17, 15) is 34.5 Å². The molecule has 28 heavy (non-hydrogen) atoms. The molecule has 0 unspecified atom stereocenters. The summed E-state index contributed by atoms with van der Waals surface area (Å²) in [6, 6.07) is 9.97. The van der Waals surface area contributed by atoms with Crippen molar-refractivity contribution >= 4 is 34.4 Å². The zero-order valence-corrected chi connectivity index (χ0v) is 14.0. The number of carboxylic acid groups (broad SMARTS) is 2. The number of carboxylic acids is 2. The highest BCUT2D eigenvalue weighted by atomic mass is 16.4. The molecule has 2 aromatic carbocycles. The van der Waals surface area contributed by atoms with Gasteiger partial charge in [-0.05, 0) is 24.3 Å². The Labute approximate surface area is 156 Å². The van der Waals surface area contributed by atoms with E-state index in [4.69, 9.17) is 0 Å². The maximum absolute atomic E-state index is 12.8. The Morgan fingerprint density at radius 3 is 1.93 bits per heavy atom. The third kappa shape index (κ3) is 2.43. The van der Waals surface area contributed by atoms with Crippen molar-refractivity contribution in [2.24, 2.45) is 0 Å². The molecular weight excluding hydrogens is 366 g/mol. The van der Waals surface area contributed by atoms with Crippen LogP contribution in [0.4, 0.5) is 0 Å². The number of carbonyl (C=O) groups excluding carboxylic acids is 2. The minimum Gasteiger partial charge on any atom is -0.506 e. The molecule has 4 rings (SSSR count). The largest absolute Gasteiger partial charge is 0.506 e. The number of ketones is 2. The number of rotatable bonds is 3. The number of hydrogen-bond donors (Lipinski definition) is 3. The van der Waals surface area contributed by atoms with Gasteiger partial charge in [0.15, 0.2) is 11.6 Å². The van der Waals surface area contributed by atoms with Gasteiger partial charge in [-0.2, -0.15) is 0 Å². The lowest BCUT2D eigenvalue weighted by Crippen LogP contribution is -2.14. The van der Waals surface area contributed by atoms with Gasteiger partial charge in [0, 0.05) is 16.5 Å². The summed E-state index contributed by atoms with van der Waals surface area (Å²) in [6.07, 6.45) is 0. The fourth-order valence-electron chi connectivity index (χ4n) is 3.37. The molecule has 8 nitrogen and oxygen atoms in total. The van der Waals surface area contributed by atoms with E-state index in [1.807, 2.05) is 0 Å². The van der Waals surface area contributed by atoms with E-state index in [1.54, 1.807) is 24.3 Å². The molecule has 0 saturated carbocycles. The number of Topliss-reactive ketones (excluding diaryl/α,β-unsaturated/α-hetero) is 2. The van der Waals surface area contributed by atoms with Gasteiger partial charge in [-0.25, -0.2) is 14.6 Å². The fraction of sp³-hybridized carbons (Fsp3) is 0.0500. The van der Waals surface area contributed by atoms with Crippen LogP contribution in [0.25, 0.3) is 10.9 Å². The number of fused-ring (bicyclic) bond motifs is 2. The standard InChI is InChI=1S/C20H11NO7/c22-14-5-8-3-1-2-4-13(8)21-16(14)15-17(23)9-6-11(19(25)26)12(20(27)28)7-10(9)18(15)24/h1-7,15,22H,(H,25,26)(H,27,28). The molecule has 0 saturated heterocycles. The van der Waals surface area contributed by atoms with Gasteiger partial charge in [-0.1, -0.05) is 18.2 Å². The molecule has 0 amide bonds. The van der Waals surface area contributed by atoms with Crippen molar-refractivity contribution in [2.75, 3.05) is 0 Å². The van der Waals surface area contributed by atoms with Crippen molar-refractivity contribution < 1.29 is 34.5 Å². The molecule has 1 heterocycles. The second-order valence-electron chi connectivity index (χ2n) is 6.30. The summed E-state index contributed by atoms with van der Waals surface area (Å²) in [5.74, 6) is -6.36. The monoisotopic (exact) mass is 377 g/mol. The van der Waals surface area contributed by atoms with E-state index in [0.717, 1.165) is 12.1 Å². The third-order valence-corrected chi connectivity index (χ3v) is 4.68. The molecule has 138 valence electrons.